The Bertz CT molecular complexity index is 302. The van der Waals surface area contributed by atoms with E-state index in [9.17, 15) is 21.6 Å². The Kier molecular flexibility index (Phi) is 5.66. The van der Waals surface area contributed by atoms with E-state index in [0.29, 0.717) is 0 Å². The van der Waals surface area contributed by atoms with Crippen molar-refractivity contribution in [2.75, 3.05) is 6.54 Å². The number of halogens is 3. The first-order chi connectivity index (χ1) is 7.02. The fraction of sp³-hybridized carbons (Fsp3) is 1.00. The molecule has 0 aliphatic carbocycles. The Balaban J connectivity index is 4.15. The summed E-state index contributed by atoms with van der Waals surface area (Å²) in [5, 5.41) is 8.94. The van der Waals surface area contributed by atoms with Crippen molar-refractivity contribution in [1.82, 2.24) is 9.44 Å². The lowest BCUT2D eigenvalue weighted by Gasteiger charge is -2.16. The zero-order chi connectivity index (χ0) is 13.0. The third-order valence-corrected chi connectivity index (χ3v) is 2.75. The molecule has 0 saturated heterocycles. The van der Waals surface area contributed by atoms with E-state index in [1.807, 2.05) is 4.72 Å². The van der Waals surface area contributed by atoms with Crippen LogP contribution >= 0.6 is 0 Å². The number of aliphatic hydroxyl groups excluding tert-OH is 1. The summed E-state index contributed by atoms with van der Waals surface area (Å²) in [5.41, 5.74) is 0. The zero-order valence-electron chi connectivity index (χ0n) is 8.87. The minimum absolute atomic E-state index is 0.118. The summed E-state index contributed by atoms with van der Waals surface area (Å²) >= 11 is 0. The average molecular weight is 264 g/mol. The lowest BCUT2D eigenvalue weighted by molar-refractivity contribution is -0.121. The van der Waals surface area contributed by atoms with Gasteiger partial charge in [0.1, 0.15) is 6.54 Å². The first-order valence-corrected chi connectivity index (χ1v) is 6.02. The van der Waals surface area contributed by atoms with Gasteiger partial charge in [0.15, 0.2) is 0 Å². The second-order valence-corrected chi connectivity index (χ2v) is 5.07. The Hall–Kier alpha value is -0.380. The quantitative estimate of drug-likeness (QED) is 0.638. The third kappa shape index (κ3) is 8.89. The van der Waals surface area contributed by atoms with E-state index in [-0.39, 0.29) is 6.42 Å². The van der Waals surface area contributed by atoms with Gasteiger partial charge in [-0.25, -0.2) is 0 Å². The first kappa shape index (κ1) is 15.6. The second-order valence-electron chi connectivity index (χ2n) is 3.54. The molecule has 5 nitrogen and oxygen atoms in total. The van der Waals surface area contributed by atoms with Crippen molar-refractivity contribution < 1.29 is 26.7 Å². The van der Waals surface area contributed by atoms with E-state index < -0.39 is 35.1 Å². The molecule has 0 bridgehead atoms. The third-order valence-electron chi connectivity index (χ3n) is 1.51. The first-order valence-electron chi connectivity index (χ1n) is 4.53. The SMILES string of the molecule is CC(O)CC(C)NS(=O)(=O)NCC(F)(F)F. The van der Waals surface area contributed by atoms with Crippen LogP contribution < -0.4 is 9.44 Å². The van der Waals surface area contributed by atoms with Crippen LogP contribution in [0.2, 0.25) is 0 Å². The van der Waals surface area contributed by atoms with Crippen LogP contribution in [0.1, 0.15) is 20.3 Å². The van der Waals surface area contributed by atoms with Crippen LogP contribution in [0.25, 0.3) is 0 Å². The van der Waals surface area contributed by atoms with Crippen LogP contribution in [-0.2, 0) is 10.2 Å². The van der Waals surface area contributed by atoms with Gasteiger partial charge >= 0.3 is 6.18 Å². The largest absolute Gasteiger partial charge is 0.402 e. The predicted octanol–water partition coefficient (Wildman–Crippen LogP) is 0.132. The molecule has 2 unspecified atom stereocenters. The van der Waals surface area contributed by atoms with Gasteiger partial charge in [-0.15, -0.1) is 0 Å². The number of aliphatic hydroxyl groups is 1. The molecule has 9 heteroatoms. The van der Waals surface area contributed by atoms with Crippen LogP contribution in [0.5, 0.6) is 0 Å². The molecule has 3 N–H and O–H groups in total. The Morgan fingerprint density at radius 3 is 2.19 bits per heavy atom. The van der Waals surface area contributed by atoms with Crippen LogP contribution in [0, 0.1) is 0 Å². The molecular formula is C7H15F3N2O3S. The smallest absolute Gasteiger partial charge is 0.393 e. The van der Waals surface area contributed by atoms with Gasteiger partial charge in [0.2, 0.25) is 0 Å². The van der Waals surface area contributed by atoms with Crippen molar-refractivity contribution in [3.63, 3.8) is 0 Å². The average Bonchev–Trinajstić information content (AvgIpc) is 1.96. The van der Waals surface area contributed by atoms with Gasteiger partial charge in [-0.05, 0) is 20.3 Å². The number of nitrogens with one attached hydrogen (secondary N) is 2. The zero-order valence-corrected chi connectivity index (χ0v) is 9.69. The molecule has 0 saturated carbocycles. The molecule has 0 fully saturated rings. The number of alkyl halides is 3. The van der Waals surface area contributed by atoms with Gasteiger partial charge in [0.05, 0.1) is 6.10 Å². The molecule has 0 heterocycles. The maximum absolute atomic E-state index is 11.7. The number of hydrogen-bond acceptors (Lipinski definition) is 3. The molecular weight excluding hydrogens is 249 g/mol. The van der Waals surface area contributed by atoms with Gasteiger partial charge in [0.25, 0.3) is 10.2 Å². The van der Waals surface area contributed by atoms with E-state index in [1.165, 1.54) is 18.6 Å². The van der Waals surface area contributed by atoms with Crippen molar-refractivity contribution in [2.24, 2.45) is 0 Å². The molecule has 0 amide bonds. The molecule has 0 aliphatic rings. The van der Waals surface area contributed by atoms with E-state index in [4.69, 9.17) is 5.11 Å². The molecule has 0 radical (unpaired) electrons. The lowest BCUT2D eigenvalue weighted by atomic mass is 10.2. The molecule has 0 aliphatic heterocycles. The standard InChI is InChI=1S/C7H15F3N2O3S/c1-5(3-6(2)13)12-16(14,15)11-4-7(8,9)10/h5-6,11-13H,3-4H2,1-2H3. The normalized spacial score (nSPS) is 17.1. The predicted molar refractivity (Wildman–Crippen MR) is 51.9 cm³/mol. The lowest BCUT2D eigenvalue weighted by Crippen LogP contribution is -2.45. The van der Waals surface area contributed by atoms with Gasteiger partial charge in [-0.3, -0.25) is 0 Å². The van der Waals surface area contributed by atoms with Gasteiger partial charge < -0.3 is 5.11 Å². The summed E-state index contributed by atoms with van der Waals surface area (Å²) in [6.07, 6.45) is -5.21. The van der Waals surface area contributed by atoms with Crippen LogP contribution in [0.4, 0.5) is 13.2 Å². The Labute approximate surface area is 92.2 Å². The monoisotopic (exact) mass is 264 g/mol. The van der Waals surface area contributed by atoms with Crippen molar-refractivity contribution in [1.29, 1.82) is 0 Å². The minimum atomic E-state index is -4.59. The van der Waals surface area contributed by atoms with Crippen molar-refractivity contribution in [3.8, 4) is 0 Å². The molecule has 0 aromatic rings. The Morgan fingerprint density at radius 2 is 1.81 bits per heavy atom. The number of hydrogen-bond donors (Lipinski definition) is 3. The molecule has 0 aromatic heterocycles. The highest BCUT2D eigenvalue weighted by Gasteiger charge is 2.29. The maximum atomic E-state index is 11.7. The molecule has 0 aromatic carbocycles. The fourth-order valence-electron chi connectivity index (χ4n) is 1.04. The molecule has 2 atom stereocenters. The van der Waals surface area contributed by atoms with Crippen molar-refractivity contribution >= 4 is 10.2 Å². The van der Waals surface area contributed by atoms with Crippen LogP contribution in [-0.4, -0.2) is 38.4 Å². The van der Waals surface area contributed by atoms with E-state index >= 15 is 0 Å². The summed E-state index contributed by atoms with van der Waals surface area (Å²) in [5.74, 6) is 0. The van der Waals surface area contributed by atoms with Crippen molar-refractivity contribution in [3.05, 3.63) is 0 Å². The van der Waals surface area contributed by atoms with Crippen LogP contribution in [0.15, 0.2) is 0 Å². The van der Waals surface area contributed by atoms with Gasteiger partial charge in [-0.2, -0.15) is 31.0 Å². The Morgan fingerprint density at radius 1 is 1.31 bits per heavy atom. The molecule has 16 heavy (non-hydrogen) atoms. The van der Waals surface area contributed by atoms with Gasteiger partial charge in [0, 0.05) is 6.04 Å². The molecule has 0 spiro atoms. The molecule has 98 valence electrons. The second kappa shape index (κ2) is 5.80. The van der Waals surface area contributed by atoms with E-state index in [1.54, 1.807) is 0 Å². The van der Waals surface area contributed by atoms with Crippen molar-refractivity contribution in [2.45, 2.75) is 38.6 Å². The maximum Gasteiger partial charge on any atom is 0.402 e. The summed E-state index contributed by atoms with van der Waals surface area (Å²) in [6.45, 7) is 1.28. The fourth-order valence-corrected chi connectivity index (χ4v) is 2.11. The highest BCUT2D eigenvalue weighted by atomic mass is 32.2. The highest BCUT2D eigenvalue weighted by Crippen LogP contribution is 2.12. The van der Waals surface area contributed by atoms with Gasteiger partial charge in [-0.1, -0.05) is 0 Å². The highest BCUT2D eigenvalue weighted by molar-refractivity contribution is 7.87. The topological polar surface area (TPSA) is 78.4 Å². The summed E-state index contributed by atoms with van der Waals surface area (Å²) in [7, 11) is -4.19. The summed E-state index contributed by atoms with van der Waals surface area (Å²) in [4.78, 5) is 0. The molecule has 0 rings (SSSR count). The minimum Gasteiger partial charge on any atom is -0.393 e. The summed E-state index contributed by atoms with van der Waals surface area (Å²) in [6, 6.07) is -0.647. The van der Waals surface area contributed by atoms with E-state index in [2.05, 4.69) is 0 Å². The summed E-state index contributed by atoms with van der Waals surface area (Å²) < 4.78 is 60.7. The van der Waals surface area contributed by atoms with Crippen LogP contribution in [0.3, 0.4) is 0 Å². The number of rotatable bonds is 6. The van der Waals surface area contributed by atoms with E-state index in [0.717, 1.165) is 0 Å².